The van der Waals surface area contributed by atoms with E-state index in [1.54, 1.807) is 6.07 Å². The fraction of sp³-hybridized carbons (Fsp3) is 0. The van der Waals surface area contributed by atoms with E-state index in [0.717, 1.165) is 3.57 Å². The van der Waals surface area contributed by atoms with Gasteiger partial charge in [-0.15, -0.1) is 0 Å². The molecule has 1 rings (SSSR count). The molecular formula is C6H4INO3. The van der Waals surface area contributed by atoms with E-state index in [1.807, 2.05) is 22.6 Å². The largest absolute Gasteiger partial charge is 0.502 e. The Morgan fingerprint density at radius 1 is 1.55 bits per heavy atom. The van der Waals surface area contributed by atoms with Crippen molar-refractivity contribution < 1.29 is 10.0 Å². The van der Waals surface area contributed by atoms with Gasteiger partial charge in [0.1, 0.15) is 0 Å². The van der Waals surface area contributed by atoms with Gasteiger partial charge in [0.25, 0.3) is 0 Å². The average molecular weight is 265 g/mol. The maximum atomic E-state index is 10.2. The molecule has 5 heteroatoms. The maximum Gasteiger partial charge on any atom is 0.311 e. The molecule has 0 atom stereocenters. The molecule has 0 fully saturated rings. The van der Waals surface area contributed by atoms with Crippen molar-refractivity contribution in [3.8, 4) is 5.75 Å². The van der Waals surface area contributed by atoms with Crippen molar-refractivity contribution in [2.75, 3.05) is 0 Å². The number of nitrogens with zero attached hydrogens (tertiary/aromatic N) is 1. The standard InChI is InChI=1S/C6H4INO3/c7-4-1-2-6(9)5(3-4)8(10)11/h1-3,9H. The summed E-state index contributed by atoms with van der Waals surface area (Å²) in [5, 5.41) is 19.2. The van der Waals surface area contributed by atoms with E-state index in [0.29, 0.717) is 0 Å². The van der Waals surface area contributed by atoms with Gasteiger partial charge in [0.2, 0.25) is 0 Å². The highest BCUT2D eigenvalue weighted by atomic mass is 127. The quantitative estimate of drug-likeness (QED) is 0.479. The molecule has 4 nitrogen and oxygen atoms in total. The zero-order valence-corrected chi connectivity index (χ0v) is 7.48. The molecule has 0 saturated carbocycles. The van der Waals surface area contributed by atoms with Crippen LogP contribution < -0.4 is 0 Å². The van der Waals surface area contributed by atoms with Gasteiger partial charge in [-0.1, -0.05) is 0 Å². The first kappa shape index (κ1) is 8.25. The molecule has 0 bridgehead atoms. The van der Waals surface area contributed by atoms with Crippen LogP contribution in [0.5, 0.6) is 5.75 Å². The summed E-state index contributed by atoms with van der Waals surface area (Å²) in [6, 6.07) is 4.22. The zero-order valence-electron chi connectivity index (χ0n) is 5.32. The Kier molecular flexibility index (Phi) is 2.28. The van der Waals surface area contributed by atoms with Gasteiger partial charge in [-0.25, -0.2) is 0 Å². The van der Waals surface area contributed by atoms with E-state index in [4.69, 9.17) is 5.11 Å². The minimum Gasteiger partial charge on any atom is -0.502 e. The number of halogens is 1. The van der Waals surface area contributed by atoms with Crippen molar-refractivity contribution in [3.05, 3.63) is 31.9 Å². The van der Waals surface area contributed by atoms with Gasteiger partial charge in [-0.2, -0.15) is 0 Å². The molecule has 0 aromatic heterocycles. The zero-order chi connectivity index (χ0) is 8.43. The Balaban J connectivity index is 3.23. The van der Waals surface area contributed by atoms with Gasteiger partial charge in [0.15, 0.2) is 5.75 Å². The molecule has 11 heavy (non-hydrogen) atoms. The molecule has 0 aliphatic carbocycles. The SMILES string of the molecule is O=[N+]([O-])c1cc(I)ccc1O. The van der Waals surface area contributed by atoms with Crippen molar-refractivity contribution in [1.82, 2.24) is 0 Å². The number of rotatable bonds is 1. The molecule has 0 saturated heterocycles. The molecule has 0 unspecified atom stereocenters. The first-order valence-electron chi connectivity index (χ1n) is 2.74. The van der Waals surface area contributed by atoms with Crippen molar-refractivity contribution in [2.45, 2.75) is 0 Å². The third-order valence-corrected chi connectivity index (χ3v) is 1.81. The van der Waals surface area contributed by atoms with Crippen LogP contribution in [0.1, 0.15) is 0 Å². The van der Waals surface area contributed by atoms with Crippen molar-refractivity contribution in [1.29, 1.82) is 0 Å². The van der Waals surface area contributed by atoms with Gasteiger partial charge in [-0.05, 0) is 34.7 Å². The Morgan fingerprint density at radius 2 is 2.18 bits per heavy atom. The summed E-state index contributed by atoms with van der Waals surface area (Å²) in [7, 11) is 0. The first-order chi connectivity index (χ1) is 5.11. The highest BCUT2D eigenvalue weighted by molar-refractivity contribution is 14.1. The van der Waals surface area contributed by atoms with E-state index in [-0.39, 0.29) is 11.4 Å². The lowest BCUT2D eigenvalue weighted by Crippen LogP contribution is -1.88. The summed E-state index contributed by atoms with van der Waals surface area (Å²) in [6.07, 6.45) is 0. The lowest BCUT2D eigenvalue weighted by Gasteiger charge is -1.94. The molecule has 0 heterocycles. The molecule has 0 aliphatic rings. The third kappa shape index (κ3) is 1.79. The van der Waals surface area contributed by atoms with E-state index < -0.39 is 4.92 Å². The lowest BCUT2D eigenvalue weighted by atomic mass is 10.3. The highest BCUT2D eigenvalue weighted by Gasteiger charge is 2.11. The summed E-state index contributed by atoms with van der Waals surface area (Å²) in [5.74, 6) is -0.296. The molecular weight excluding hydrogens is 261 g/mol. The van der Waals surface area contributed by atoms with Gasteiger partial charge >= 0.3 is 5.69 Å². The maximum absolute atomic E-state index is 10.2. The number of hydrogen-bond acceptors (Lipinski definition) is 3. The second-order valence-electron chi connectivity index (χ2n) is 1.89. The number of phenols is 1. The van der Waals surface area contributed by atoms with E-state index in [9.17, 15) is 10.1 Å². The number of aromatic hydroxyl groups is 1. The fourth-order valence-corrected chi connectivity index (χ4v) is 1.12. The third-order valence-electron chi connectivity index (χ3n) is 1.13. The molecule has 1 aromatic carbocycles. The highest BCUT2D eigenvalue weighted by Crippen LogP contribution is 2.26. The van der Waals surface area contributed by atoms with Gasteiger partial charge in [-0.3, -0.25) is 10.1 Å². The Morgan fingerprint density at radius 3 is 2.64 bits per heavy atom. The van der Waals surface area contributed by atoms with Crippen LogP contribution in [0.25, 0.3) is 0 Å². The van der Waals surface area contributed by atoms with E-state index in [1.165, 1.54) is 12.1 Å². The minimum absolute atomic E-state index is 0.253. The van der Waals surface area contributed by atoms with E-state index in [2.05, 4.69) is 0 Å². The Labute approximate surface area is 76.1 Å². The summed E-state index contributed by atoms with van der Waals surface area (Å²) in [5.41, 5.74) is -0.253. The number of nitro benzene ring substituents is 1. The predicted molar refractivity (Wildman–Crippen MR) is 47.5 cm³/mol. The number of nitro groups is 1. The number of phenolic OH excluding ortho intramolecular Hbond substituents is 1. The minimum atomic E-state index is -0.614. The van der Waals surface area contributed by atoms with Gasteiger partial charge in [0.05, 0.1) is 4.92 Å². The molecule has 0 amide bonds. The Hall–Kier alpha value is -0.850. The van der Waals surface area contributed by atoms with Crippen molar-refractivity contribution in [2.24, 2.45) is 0 Å². The van der Waals surface area contributed by atoms with Crippen molar-refractivity contribution >= 4 is 28.3 Å². The molecule has 1 aromatic rings. The normalized spacial score (nSPS) is 9.55. The molecule has 1 N–H and O–H groups in total. The van der Waals surface area contributed by atoms with Crippen LogP contribution in [0, 0.1) is 13.7 Å². The fourth-order valence-electron chi connectivity index (χ4n) is 0.643. The monoisotopic (exact) mass is 265 g/mol. The smallest absolute Gasteiger partial charge is 0.311 e. The summed E-state index contributed by atoms with van der Waals surface area (Å²) in [4.78, 5) is 9.60. The lowest BCUT2D eigenvalue weighted by molar-refractivity contribution is -0.385. The Bertz CT molecular complexity index is 300. The second kappa shape index (κ2) is 3.04. The topological polar surface area (TPSA) is 63.4 Å². The van der Waals surface area contributed by atoms with Crippen molar-refractivity contribution in [3.63, 3.8) is 0 Å². The van der Waals surface area contributed by atoms with Crippen LogP contribution in [0.2, 0.25) is 0 Å². The summed E-state index contributed by atoms with van der Waals surface area (Å²) in [6.45, 7) is 0. The van der Waals surface area contributed by atoms with Crippen LogP contribution in [0.3, 0.4) is 0 Å². The molecule has 58 valence electrons. The summed E-state index contributed by atoms with van der Waals surface area (Å²) < 4.78 is 0.729. The summed E-state index contributed by atoms with van der Waals surface area (Å²) >= 11 is 1.94. The van der Waals surface area contributed by atoms with Crippen LogP contribution in [0.15, 0.2) is 18.2 Å². The van der Waals surface area contributed by atoms with Crippen LogP contribution >= 0.6 is 22.6 Å². The number of hydrogen-bond donors (Lipinski definition) is 1. The van der Waals surface area contributed by atoms with Crippen LogP contribution in [0.4, 0.5) is 5.69 Å². The molecule has 0 aliphatic heterocycles. The van der Waals surface area contributed by atoms with Gasteiger partial charge < -0.3 is 5.11 Å². The van der Waals surface area contributed by atoms with Crippen LogP contribution in [-0.4, -0.2) is 10.0 Å². The van der Waals surface area contributed by atoms with Gasteiger partial charge in [0, 0.05) is 9.64 Å². The first-order valence-corrected chi connectivity index (χ1v) is 3.82. The molecule has 0 radical (unpaired) electrons. The average Bonchev–Trinajstić information content (AvgIpc) is 1.94. The number of benzene rings is 1. The molecule has 0 spiro atoms. The second-order valence-corrected chi connectivity index (χ2v) is 3.14. The predicted octanol–water partition coefficient (Wildman–Crippen LogP) is 1.90. The van der Waals surface area contributed by atoms with E-state index >= 15 is 0 Å². The van der Waals surface area contributed by atoms with Crippen LogP contribution in [-0.2, 0) is 0 Å².